The molecule has 5 nitrogen and oxygen atoms in total. The van der Waals surface area contributed by atoms with Crippen LogP contribution in [0.4, 0.5) is 0 Å². The summed E-state index contributed by atoms with van der Waals surface area (Å²) in [5, 5.41) is 30.7. The van der Waals surface area contributed by atoms with Gasteiger partial charge < -0.3 is 20.1 Å². The number of hydrogen-bond donors (Lipinski definition) is 3. The number of fused-ring (bicyclic) bond motifs is 1. The SMILES string of the molecule is CC(CC[C@H]1CC[C@@H]2[C@@H](C=C[C@@H](O)COc3ccccc3)[C@H](O)C[C@@H]2S1)C(=O)O. The highest BCUT2D eigenvalue weighted by atomic mass is 32.2. The van der Waals surface area contributed by atoms with Crippen molar-refractivity contribution in [1.29, 1.82) is 0 Å². The molecule has 1 saturated carbocycles. The molecule has 1 aromatic carbocycles. The summed E-state index contributed by atoms with van der Waals surface area (Å²) in [5.74, 6) is 0.199. The third kappa shape index (κ3) is 6.24. The van der Waals surface area contributed by atoms with Crippen molar-refractivity contribution in [2.24, 2.45) is 17.8 Å². The second kappa shape index (κ2) is 10.5. The van der Waals surface area contributed by atoms with Crippen LogP contribution in [0.25, 0.3) is 0 Å². The highest BCUT2D eigenvalue weighted by molar-refractivity contribution is 8.00. The first-order valence-corrected chi connectivity index (χ1v) is 11.5. The van der Waals surface area contributed by atoms with Crippen molar-refractivity contribution in [2.75, 3.05) is 6.61 Å². The number of ether oxygens (including phenoxy) is 1. The van der Waals surface area contributed by atoms with E-state index < -0.39 is 12.1 Å². The van der Waals surface area contributed by atoms with Crippen molar-refractivity contribution in [2.45, 2.75) is 61.7 Å². The molecule has 1 aliphatic carbocycles. The average Bonchev–Trinajstić information content (AvgIpc) is 3.03. The molecule has 0 radical (unpaired) electrons. The smallest absolute Gasteiger partial charge is 0.306 e. The Morgan fingerprint density at radius 2 is 2.07 bits per heavy atom. The molecule has 160 valence electrons. The molecule has 6 heteroatoms. The zero-order valence-corrected chi connectivity index (χ0v) is 17.7. The van der Waals surface area contributed by atoms with Gasteiger partial charge in [-0.2, -0.15) is 11.8 Å². The van der Waals surface area contributed by atoms with Gasteiger partial charge in [-0.25, -0.2) is 0 Å². The number of carboxylic acids is 1. The van der Waals surface area contributed by atoms with Gasteiger partial charge in [0, 0.05) is 16.4 Å². The van der Waals surface area contributed by atoms with E-state index in [1.807, 2.05) is 48.2 Å². The van der Waals surface area contributed by atoms with E-state index in [1.54, 1.807) is 13.0 Å². The second-order valence-corrected chi connectivity index (χ2v) is 9.86. The predicted molar refractivity (Wildman–Crippen MR) is 115 cm³/mol. The molecule has 0 amide bonds. The minimum Gasteiger partial charge on any atom is -0.491 e. The third-order valence-corrected chi connectivity index (χ3v) is 7.89. The van der Waals surface area contributed by atoms with Gasteiger partial charge in [0.1, 0.15) is 18.5 Å². The lowest BCUT2D eigenvalue weighted by molar-refractivity contribution is -0.141. The topological polar surface area (TPSA) is 87.0 Å². The zero-order chi connectivity index (χ0) is 20.8. The second-order valence-electron chi connectivity index (χ2n) is 8.31. The quantitative estimate of drug-likeness (QED) is 0.528. The molecule has 1 unspecified atom stereocenters. The van der Waals surface area contributed by atoms with Crippen molar-refractivity contribution in [3.8, 4) is 5.75 Å². The molecular formula is C23H32O5S. The minimum absolute atomic E-state index is 0.0674. The van der Waals surface area contributed by atoms with Crippen molar-refractivity contribution >= 4 is 17.7 Å². The molecule has 0 aromatic heterocycles. The number of para-hydroxylation sites is 1. The van der Waals surface area contributed by atoms with E-state index in [2.05, 4.69) is 0 Å². The van der Waals surface area contributed by atoms with Crippen LogP contribution in [0.15, 0.2) is 42.5 Å². The van der Waals surface area contributed by atoms with Gasteiger partial charge in [-0.05, 0) is 50.2 Å². The number of rotatable bonds is 9. The maximum absolute atomic E-state index is 11.0. The van der Waals surface area contributed by atoms with Crippen LogP contribution in [-0.4, -0.2) is 50.6 Å². The molecule has 1 saturated heterocycles. The molecule has 29 heavy (non-hydrogen) atoms. The molecule has 2 aliphatic rings. The molecule has 1 heterocycles. The number of carbonyl (C=O) groups is 1. The Balaban J connectivity index is 1.47. The molecule has 0 bridgehead atoms. The molecule has 1 aliphatic heterocycles. The minimum atomic E-state index is -0.722. The van der Waals surface area contributed by atoms with Crippen LogP contribution in [-0.2, 0) is 4.79 Å². The fourth-order valence-electron chi connectivity index (χ4n) is 4.38. The number of hydrogen-bond acceptors (Lipinski definition) is 5. The number of carboxylic acid groups (broad SMARTS) is 1. The molecule has 1 aromatic rings. The maximum atomic E-state index is 11.0. The normalized spacial score (nSPS) is 31.3. The van der Waals surface area contributed by atoms with E-state index >= 15 is 0 Å². The van der Waals surface area contributed by atoms with E-state index in [9.17, 15) is 15.0 Å². The lowest BCUT2D eigenvalue weighted by atomic mass is 9.88. The molecule has 3 N–H and O–H groups in total. The lowest BCUT2D eigenvalue weighted by Gasteiger charge is -2.33. The monoisotopic (exact) mass is 420 g/mol. The summed E-state index contributed by atoms with van der Waals surface area (Å²) < 4.78 is 5.58. The number of aliphatic hydroxyl groups is 2. The first kappa shape index (κ1) is 22.2. The largest absolute Gasteiger partial charge is 0.491 e. The van der Waals surface area contributed by atoms with Gasteiger partial charge in [-0.3, -0.25) is 4.79 Å². The van der Waals surface area contributed by atoms with Crippen LogP contribution in [0.2, 0.25) is 0 Å². The van der Waals surface area contributed by atoms with Crippen molar-refractivity contribution in [3.05, 3.63) is 42.5 Å². The van der Waals surface area contributed by atoms with Gasteiger partial charge in [0.15, 0.2) is 0 Å². The summed E-state index contributed by atoms with van der Waals surface area (Å²) in [6, 6.07) is 9.41. The van der Waals surface area contributed by atoms with Crippen LogP contribution < -0.4 is 4.74 Å². The van der Waals surface area contributed by atoms with Crippen molar-refractivity contribution in [3.63, 3.8) is 0 Å². The summed E-state index contributed by atoms with van der Waals surface area (Å²) in [6.07, 6.45) is 7.16. The molecule has 7 atom stereocenters. The van der Waals surface area contributed by atoms with E-state index in [4.69, 9.17) is 9.84 Å². The van der Waals surface area contributed by atoms with Gasteiger partial charge in [-0.1, -0.05) is 37.3 Å². The Morgan fingerprint density at radius 1 is 1.31 bits per heavy atom. The van der Waals surface area contributed by atoms with Gasteiger partial charge in [-0.15, -0.1) is 0 Å². The van der Waals surface area contributed by atoms with E-state index in [-0.39, 0.29) is 24.5 Å². The van der Waals surface area contributed by atoms with E-state index in [0.29, 0.717) is 22.8 Å². The Bertz CT molecular complexity index is 679. The number of aliphatic carboxylic acids is 1. The first-order valence-electron chi connectivity index (χ1n) is 10.5. The van der Waals surface area contributed by atoms with E-state index in [0.717, 1.165) is 31.4 Å². The summed E-state index contributed by atoms with van der Waals surface area (Å²) in [6.45, 7) is 1.96. The highest BCUT2D eigenvalue weighted by Crippen LogP contribution is 2.49. The highest BCUT2D eigenvalue weighted by Gasteiger charge is 2.44. The molecule has 2 fully saturated rings. The first-order chi connectivity index (χ1) is 13.9. The Kier molecular flexibility index (Phi) is 8.04. The van der Waals surface area contributed by atoms with Crippen molar-refractivity contribution in [1.82, 2.24) is 0 Å². The molecule has 0 spiro atoms. The summed E-state index contributed by atoms with van der Waals surface area (Å²) >= 11 is 1.93. The summed E-state index contributed by atoms with van der Waals surface area (Å²) in [7, 11) is 0. The van der Waals surface area contributed by atoms with Crippen LogP contribution in [0.5, 0.6) is 5.75 Å². The zero-order valence-electron chi connectivity index (χ0n) is 16.9. The summed E-state index contributed by atoms with van der Waals surface area (Å²) in [4.78, 5) is 11.0. The van der Waals surface area contributed by atoms with Crippen molar-refractivity contribution < 1.29 is 24.9 Å². The Labute approximate surface area is 177 Å². The fourth-order valence-corrected chi connectivity index (χ4v) is 6.25. The van der Waals surface area contributed by atoms with Crippen LogP contribution in [0.3, 0.4) is 0 Å². The Hall–Kier alpha value is -1.50. The standard InChI is InChI=1S/C23H32O5S/c1-15(23(26)27)7-9-18-10-12-20-19(21(25)13-22(20)29-18)11-8-16(24)14-28-17-5-3-2-4-6-17/h2-6,8,11,15-16,18-22,24-25H,7,9-10,12-14H2,1H3,(H,26,27)/t15?,16-,18+,19-,20-,21-,22+/m1/s1. The van der Waals surface area contributed by atoms with Gasteiger partial charge in [0.2, 0.25) is 0 Å². The summed E-state index contributed by atoms with van der Waals surface area (Å²) in [5.41, 5.74) is 0. The van der Waals surface area contributed by atoms with Crippen LogP contribution in [0.1, 0.15) is 39.0 Å². The number of thioether (sulfide) groups is 1. The van der Waals surface area contributed by atoms with Crippen LogP contribution in [0, 0.1) is 17.8 Å². The predicted octanol–water partition coefficient (Wildman–Crippen LogP) is 3.74. The molecule has 3 rings (SSSR count). The Morgan fingerprint density at radius 3 is 2.79 bits per heavy atom. The number of benzene rings is 1. The van der Waals surface area contributed by atoms with Gasteiger partial charge in [0.05, 0.1) is 12.0 Å². The fraction of sp³-hybridized carbons (Fsp3) is 0.609. The maximum Gasteiger partial charge on any atom is 0.306 e. The number of aliphatic hydroxyl groups excluding tert-OH is 2. The van der Waals surface area contributed by atoms with Gasteiger partial charge in [0.25, 0.3) is 0 Å². The van der Waals surface area contributed by atoms with Crippen LogP contribution >= 0.6 is 11.8 Å². The third-order valence-electron chi connectivity index (χ3n) is 6.14. The molecular weight excluding hydrogens is 388 g/mol. The average molecular weight is 421 g/mol. The lowest BCUT2D eigenvalue weighted by Crippen LogP contribution is -2.27. The van der Waals surface area contributed by atoms with E-state index in [1.165, 1.54) is 0 Å². The van der Waals surface area contributed by atoms with Gasteiger partial charge >= 0.3 is 5.97 Å².